The molecule has 0 aliphatic carbocycles. The molecule has 88 valence electrons. The Morgan fingerprint density at radius 1 is 1.25 bits per heavy atom. The molecule has 0 unspecified atom stereocenters. The van der Waals surface area contributed by atoms with Crippen molar-refractivity contribution in [1.82, 2.24) is 5.32 Å². The van der Waals surface area contributed by atoms with Gasteiger partial charge in [-0.2, -0.15) is 0 Å². The summed E-state index contributed by atoms with van der Waals surface area (Å²) in [5.41, 5.74) is 0. The maximum Gasteiger partial charge on any atom is 0.0582 e. The van der Waals surface area contributed by atoms with E-state index in [4.69, 9.17) is 23.2 Å². The Morgan fingerprint density at radius 2 is 1.94 bits per heavy atom. The van der Waals surface area contributed by atoms with Crippen LogP contribution in [-0.4, -0.2) is 22.5 Å². The first-order valence-corrected chi connectivity index (χ1v) is 7.22. The molecule has 1 aliphatic heterocycles. The van der Waals surface area contributed by atoms with Crippen LogP contribution in [-0.2, 0) is 10.8 Å². The van der Waals surface area contributed by atoms with E-state index < -0.39 is 10.8 Å². The summed E-state index contributed by atoms with van der Waals surface area (Å²) in [4.78, 5) is 0.706. The summed E-state index contributed by atoms with van der Waals surface area (Å²) in [6, 6.07) is 5.15. The lowest BCUT2D eigenvalue weighted by Crippen LogP contribution is -2.33. The van der Waals surface area contributed by atoms with Gasteiger partial charge in [0.25, 0.3) is 0 Å². The lowest BCUT2D eigenvalue weighted by Gasteiger charge is -2.22. The molecule has 2 nitrogen and oxygen atoms in total. The molecule has 0 radical (unpaired) electrons. The maximum absolute atomic E-state index is 12.3. The van der Waals surface area contributed by atoms with Gasteiger partial charge in [0.15, 0.2) is 0 Å². The van der Waals surface area contributed by atoms with Crippen LogP contribution in [0.4, 0.5) is 0 Å². The normalized spacial score (nSPS) is 19.6. The van der Waals surface area contributed by atoms with Crippen molar-refractivity contribution in [2.45, 2.75) is 23.0 Å². The van der Waals surface area contributed by atoms with E-state index in [1.165, 1.54) is 0 Å². The van der Waals surface area contributed by atoms with E-state index in [-0.39, 0.29) is 5.25 Å². The average molecular weight is 278 g/mol. The fourth-order valence-corrected chi connectivity index (χ4v) is 3.94. The van der Waals surface area contributed by atoms with Crippen molar-refractivity contribution in [3.8, 4) is 0 Å². The number of hydrogen-bond acceptors (Lipinski definition) is 2. The van der Waals surface area contributed by atoms with Crippen LogP contribution in [0.3, 0.4) is 0 Å². The first kappa shape index (κ1) is 12.4. The monoisotopic (exact) mass is 277 g/mol. The van der Waals surface area contributed by atoms with Crippen LogP contribution in [0.5, 0.6) is 0 Å². The molecular formula is C11H13Cl2NOS. The van der Waals surface area contributed by atoms with Gasteiger partial charge in [-0.25, -0.2) is 0 Å². The Morgan fingerprint density at radius 3 is 2.56 bits per heavy atom. The summed E-state index contributed by atoms with van der Waals surface area (Å²) < 4.78 is 12.3. The molecule has 0 saturated carbocycles. The van der Waals surface area contributed by atoms with Gasteiger partial charge in [0.1, 0.15) is 0 Å². The van der Waals surface area contributed by atoms with Gasteiger partial charge in [0.2, 0.25) is 0 Å². The lowest BCUT2D eigenvalue weighted by atomic mass is 10.2. The van der Waals surface area contributed by atoms with E-state index in [1.54, 1.807) is 18.2 Å². The topological polar surface area (TPSA) is 29.1 Å². The van der Waals surface area contributed by atoms with Crippen LogP contribution in [0.2, 0.25) is 10.0 Å². The predicted molar refractivity (Wildman–Crippen MR) is 68.8 cm³/mol. The second-order valence-electron chi connectivity index (χ2n) is 3.82. The van der Waals surface area contributed by atoms with Gasteiger partial charge in [0, 0.05) is 10.3 Å². The minimum absolute atomic E-state index is 0.208. The zero-order valence-electron chi connectivity index (χ0n) is 8.71. The van der Waals surface area contributed by atoms with Gasteiger partial charge in [-0.05, 0) is 44.1 Å². The summed E-state index contributed by atoms with van der Waals surface area (Å²) in [7, 11) is -1.02. The van der Waals surface area contributed by atoms with Gasteiger partial charge < -0.3 is 5.32 Å². The van der Waals surface area contributed by atoms with Crippen molar-refractivity contribution >= 4 is 34.0 Å². The van der Waals surface area contributed by atoms with Crippen LogP contribution in [0.25, 0.3) is 0 Å². The van der Waals surface area contributed by atoms with Crippen molar-refractivity contribution in [3.05, 3.63) is 28.2 Å². The van der Waals surface area contributed by atoms with E-state index in [9.17, 15) is 4.21 Å². The number of piperidine rings is 1. The fourth-order valence-electron chi connectivity index (χ4n) is 1.83. The summed E-state index contributed by atoms with van der Waals surface area (Å²) >= 11 is 11.9. The Hall–Kier alpha value is -0.0900. The highest BCUT2D eigenvalue weighted by Crippen LogP contribution is 2.27. The Balaban J connectivity index is 2.19. The minimum atomic E-state index is -1.02. The van der Waals surface area contributed by atoms with Gasteiger partial charge >= 0.3 is 0 Å². The average Bonchev–Trinajstić information content (AvgIpc) is 2.29. The second kappa shape index (κ2) is 5.50. The third kappa shape index (κ3) is 2.77. The molecule has 16 heavy (non-hydrogen) atoms. The van der Waals surface area contributed by atoms with Crippen molar-refractivity contribution in [1.29, 1.82) is 0 Å². The molecule has 1 aromatic carbocycles. The van der Waals surface area contributed by atoms with E-state index >= 15 is 0 Å². The molecule has 0 amide bonds. The van der Waals surface area contributed by atoms with Crippen LogP contribution in [0.1, 0.15) is 12.8 Å². The first-order valence-electron chi connectivity index (χ1n) is 5.25. The minimum Gasteiger partial charge on any atom is -0.317 e. The van der Waals surface area contributed by atoms with Crippen molar-refractivity contribution < 1.29 is 4.21 Å². The Bertz CT molecular complexity index is 405. The maximum atomic E-state index is 12.3. The van der Waals surface area contributed by atoms with E-state index in [2.05, 4.69) is 5.32 Å². The number of benzene rings is 1. The molecule has 1 N–H and O–H groups in total. The first-order chi connectivity index (χ1) is 7.68. The summed E-state index contributed by atoms with van der Waals surface area (Å²) in [6.07, 6.45) is 1.87. The molecule has 1 saturated heterocycles. The molecule has 0 spiro atoms. The highest BCUT2D eigenvalue weighted by atomic mass is 35.5. The molecule has 1 aromatic rings. The van der Waals surface area contributed by atoms with Gasteiger partial charge in [-0.15, -0.1) is 0 Å². The second-order valence-corrected chi connectivity index (χ2v) is 6.37. The third-order valence-electron chi connectivity index (χ3n) is 2.70. The number of nitrogens with one attached hydrogen (secondary N) is 1. The van der Waals surface area contributed by atoms with Crippen molar-refractivity contribution in [3.63, 3.8) is 0 Å². The van der Waals surface area contributed by atoms with Crippen LogP contribution in [0.15, 0.2) is 23.1 Å². The zero-order valence-corrected chi connectivity index (χ0v) is 11.0. The Kier molecular flexibility index (Phi) is 4.25. The number of rotatable bonds is 2. The van der Waals surface area contributed by atoms with Gasteiger partial charge in [-0.1, -0.05) is 23.2 Å². The van der Waals surface area contributed by atoms with E-state index in [0.29, 0.717) is 14.9 Å². The highest BCUT2D eigenvalue weighted by Gasteiger charge is 2.22. The molecule has 0 aromatic heterocycles. The van der Waals surface area contributed by atoms with Gasteiger partial charge in [-0.3, -0.25) is 4.21 Å². The number of hydrogen-bond donors (Lipinski definition) is 1. The Labute approximate surface area is 108 Å². The SMILES string of the molecule is O=[S@@](c1ccc(Cl)cc1Cl)C1CCNCC1. The molecular weight excluding hydrogens is 265 g/mol. The van der Waals surface area contributed by atoms with Gasteiger partial charge in [0.05, 0.1) is 20.7 Å². The zero-order chi connectivity index (χ0) is 11.5. The summed E-state index contributed by atoms with van der Waals surface area (Å²) in [5, 5.41) is 4.55. The van der Waals surface area contributed by atoms with Crippen LogP contribution >= 0.6 is 23.2 Å². The lowest BCUT2D eigenvalue weighted by molar-refractivity contribution is 0.519. The van der Waals surface area contributed by atoms with Crippen molar-refractivity contribution in [2.24, 2.45) is 0 Å². The van der Waals surface area contributed by atoms with E-state index in [0.717, 1.165) is 25.9 Å². The molecule has 2 rings (SSSR count). The quantitative estimate of drug-likeness (QED) is 0.901. The highest BCUT2D eigenvalue weighted by molar-refractivity contribution is 7.85. The molecule has 1 aliphatic rings. The molecule has 1 heterocycles. The number of halogens is 2. The van der Waals surface area contributed by atoms with Crippen LogP contribution < -0.4 is 5.32 Å². The molecule has 1 atom stereocenters. The fraction of sp³-hybridized carbons (Fsp3) is 0.455. The molecule has 5 heteroatoms. The largest absolute Gasteiger partial charge is 0.317 e. The third-order valence-corrected chi connectivity index (χ3v) is 5.23. The summed E-state index contributed by atoms with van der Waals surface area (Å²) in [6.45, 7) is 1.86. The summed E-state index contributed by atoms with van der Waals surface area (Å²) in [5.74, 6) is 0. The smallest absolute Gasteiger partial charge is 0.0582 e. The van der Waals surface area contributed by atoms with E-state index in [1.807, 2.05) is 0 Å². The molecule has 0 bridgehead atoms. The standard InChI is InChI=1S/C11H13Cl2NOS/c12-8-1-2-11(10(13)7-8)16(15)9-3-5-14-6-4-9/h1-2,7,9,14H,3-6H2/t16-/m1/s1. The molecule has 1 fully saturated rings. The van der Waals surface area contributed by atoms with Crippen molar-refractivity contribution in [2.75, 3.05) is 13.1 Å². The van der Waals surface area contributed by atoms with Crippen LogP contribution in [0, 0.1) is 0 Å². The predicted octanol–water partition coefficient (Wildman–Crippen LogP) is 2.85.